The van der Waals surface area contributed by atoms with Gasteiger partial charge in [-0.25, -0.2) is 0 Å². The molecule has 0 bridgehead atoms. The number of allylic oxidation sites excluding steroid dienone is 1. The summed E-state index contributed by atoms with van der Waals surface area (Å²) in [6, 6.07) is 8.52. The first-order valence-corrected chi connectivity index (χ1v) is 10.4. The smallest absolute Gasteiger partial charge is 0.286 e. The number of benzene rings is 1. The third kappa shape index (κ3) is 2.81. The summed E-state index contributed by atoms with van der Waals surface area (Å²) in [5.74, 6) is -0.149. The fourth-order valence-electron chi connectivity index (χ4n) is 4.27. The molecule has 7 heteroatoms. The van der Waals surface area contributed by atoms with Crippen LogP contribution in [0.5, 0.6) is 0 Å². The van der Waals surface area contributed by atoms with Crippen molar-refractivity contribution >= 4 is 28.4 Å². The van der Waals surface area contributed by atoms with Crippen LogP contribution in [0, 0.1) is 0 Å². The Morgan fingerprint density at radius 2 is 2.04 bits per heavy atom. The Hall–Kier alpha value is -2.38. The van der Waals surface area contributed by atoms with E-state index in [1.54, 1.807) is 10.9 Å². The van der Waals surface area contributed by atoms with Gasteiger partial charge in [0.2, 0.25) is 0 Å². The quantitative estimate of drug-likeness (QED) is 0.695. The number of amidine groups is 1. The van der Waals surface area contributed by atoms with Gasteiger partial charge in [0.15, 0.2) is 5.17 Å². The average molecular weight is 395 g/mol. The van der Waals surface area contributed by atoms with E-state index < -0.39 is 0 Å². The fraction of sp³-hybridized carbons (Fsp3) is 0.381. The molecule has 0 unspecified atom stereocenters. The Bertz CT molecular complexity index is 1010. The second kappa shape index (κ2) is 6.60. The summed E-state index contributed by atoms with van der Waals surface area (Å²) in [4.78, 5) is 19.8. The van der Waals surface area contributed by atoms with E-state index in [-0.39, 0.29) is 11.5 Å². The number of carbonyl (C=O) groups excluding carboxylic acids is 1. The fourth-order valence-corrected chi connectivity index (χ4v) is 5.30. The van der Waals surface area contributed by atoms with Crippen molar-refractivity contribution in [3.63, 3.8) is 0 Å². The molecule has 2 aromatic rings. The van der Waals surface area contributed by atoms with Crippen LogP contribution >= 0.6 is 11.8 Å². The van der Waals surface area contributed by atoms with Crippen molar-refractivity contribution < 1.29 is 9.53 Å². The number of thioether (sulfide) groups is 1. The molecule has 1 fully saturated rings. The molecule has 28 heavy (non-hydrogen) atoms. The number of amides is 1. The maximum absolute atomic E-state index is 12.5. The lowest BCUT2D eigenvalue weighted by Gasteiger charge is -2.39. The van der Waals surface area contributed by atoms with Crippen molar-refractivity contribution in [3.05, 3.63) is 58.3 Å². The van der Waals surface area contributed by atoms with Gasteiger partial charge in [-0.3, -0.25) is 9.48 Å². The maximum atomic E-state index is 12.5. The number of carbonyl (C=O) groups is 1. The highest BCUT2D eigenvalue weighted by atomic mass is 32.2. The number of aliphatic imine (C=N–C) groups is 1. The minimum Gasteiger partial charge on any atom is -0.365 e. The molecule has 1 aromatic carbocycles. The lowest BCUT2D eigenvalue weighted by Crippen LogP contribution is -2.44. The topological polar surface area (TPSA) is 59.7 Å². The highest BCUT2D eigenvalue weighted by molar-refractivity contribution is 8.18. The first-order valence-electron chi connectivity index (χ1n) is 9.54. The van der Waals surface area contributed by atoms with Crippen LogP contribution in [0.2, 0.25) is 0 Å². The summed E-state index contributed by atoms with van der Waals surface area (Å²) >= 11 is 1.48. The van der Waals surface area contributed by atoms with E-state index in [0.717, 1.165) is 42.2 Å². The van der Waals surface area contributed by atoms with Gasteiger partial charge in [-0.05, 0) is 48.2 Å². The molecular weight excluding hydrogens is 372 g/mol. The average Bonchev–Trinajstić information content (AvgIpc) is 3.41. The Morgan fingerprint density at radius 1 is 1.25 bits per heavy atom. The molecule has 0 atom stereocenters. The van der Waals surface area contributed by atoms with Crippen molar-refractivity contribution in [1.82, 2.24) is 14.7 Å². The number of aryl methyl sites for hydroxylation is 1. The summed E-state index contributed by atoms with van der Waals surface area (Å²) in [7, 11) is 1.87. The molecule has 6 nitrogen and oxygen atoms in total. The van der Waals surface area contributed by atoms with Crippen LogP contribution in [-0.2, 0) is 28.8 Å². The van der Waals surface area contributed by atoms with E-state index in [1.807, 2.05) is 20.2 Å². The van der Waals surface area contributed by atoms with Crippen molar-refractivity contribution in [2.45, 2.75) is 32.0 Å². The first-order chi connectivity index (χ1) is 13.6. The lowest BCUT2D eigenvalue weighted by atomic mass is 9.84. The third-order valence-corrected chi connectivity index (χ3v) is 7.13. The van der Waals surface area contributed by atoms with E-state index >= 15 is 0 Å². The first kappa shape index (κ1) is 17.7. The molecule has 1 spiro atoms. The molecule has 1 aromatic heterocycles. The van der Waals surface area contributed by atoms with Crippen LogP contribution in [0.3, 0.4) is 0 Å². The van der Waals surface area contributed by atoms with Gasteiger partial charge < -0.3 is 9.64 Å². The van der Waals surface area contributed by atoms with E-state index in [0.29, 0.717) is 11.5 Å². The lowest BCUT2D eigenvalue weighted by molar-refractivity contribution is -0.113. The highest BCUT2D eigenvalue weighted by Crippen LogP contribution is 2.45. The van der Waals surface area contributed by atoms with Crippen LogP contribution in [0.15, 0.2) is 46.6 Å². The summed E-state index contributed by atoms with van der Waals surface area (Å²) < 4.78 is 7.99. The monoisotopic (exact) mass is 394 g/mol. The van der Waals surface area contributed by atoms with Crippen LogP contribution < -0.4 is 0 Å². The van der Waals surface area contributed by atoms with Crippen LogP contribution in [0.25, 0.3) is 5.57 Å². The Labute approximate surface area is 168 Å². The normalized spacial score (nSPS) is 22.6. The van der Waals surface area contributed by atoms with Crippen molar-refractivity contribution in [2.75, 3.05) is 13.1 Å². The molecule has 1 saturated heterocycles. The number of nitrogens with zero attached hydrogens (tertiary/aromatic N) is 4. The molecule has 3 aliphatic heterocycles. The standard InChI is InChI=1S/C21H22N4O2S/c1-14(16-11-22-24(2)12-16)18-19(26)23-20(28-18)25-9-7-21(8-10-25)17-6-4-3-5-15(17)13-27-21/h3-6,11-12H,7-10,13H2,1-2H3/b18-14-. The summed E-state index contributed by atoms with van der Waals surface area (Å²) in [5.41, 5.74) is 4.35. The van der Waals surface area contributed by atoms with Gasteiger partial charge >= 0.3 is 0 Å². The molecule has 4 heterocycles. The maximum Gasteiger partial charge on any atom is 0.286 e. The third-order valence-electron chi connectivity index (χ3n) is 5.92. The number of hydrogen-bond acceptors (Lipinski definition) is 5. The van der Waals surface area contributed by atoms with E-state index in [4.69, 9.17) is 4.74 Å². The summed E-state index contributed by atoms with van der Waals surface area (Å²) in [5, 5.41) is 5.01. The van der Waals surface area contributed by atoms with Crippen molar-refractivity contribution in [1.29, 1.82) is 0 Å². The predicted octanol–water partition coefficient (Wildman–Crippen LogP) is 3.30. The molecule has 5 rings (SSSR count). The minimum atomic E-state index is -0.175. The van der Waals surface area contributed by atoms with Crippen LogP contribution in [0.1, 0.15) is 36.5 Å². The Morgan fingerprint density at radius 3 is 2.79 bits per heavy atom. The molecule has 0 N–H and O–H groups in total. The molecule has 0 saturated carbocycles. The molecule has 1 amide bonds. The van der Waals surface area contributed by atoms with Gasteiger partial charge in [-0.2, -0.15) is 10.1 Å². The number of likely N-dealkylation sites (tertiary alicyclic amines) is 1. The zero-order chi connectivity index (χ0) is 19.3. The van der Waals surface area contributed by atoms with Crippen LogP contribution in [-0.4, -0.2) is 38.8 Å². The zero-order valence-corrected chi connectivity index (χ0v) is 16.8. The van der Waals surface area contributed by atoms with E-state index in [9.17, 15) is 4.79 Å². The molecule has 0 aliphatic carbocycles. The largest absolute Gasteiger partial charge is 0.365 e. The molecular formula is C21H22N4O2S. The number of aromatic nitrogens is 2. The van der Waals surface area contributed by atoms with E-state index in [1.165, 1.54) is 22.9 Å². The number of rotatable bonds is 1. The van der Waals surface area contributed by atoms with Crippen molar-refractivity contribution in [2.24, 2.45) is 12.0 Å². The number of ether oxygens (including phenoxy) is 1. The SMILES string of the molecule is C/C(=C1/SC(N2CCC3(CC2)OCc2ccccc23)=NC1=O)c1cnn(C)c1. The Balaban J connectivity index is 1.32. The Kier molecular flexibility index (Phi) is 4.17. The number of piperidine rings is 1. The molecule has 3 aliphatic rings. The second-order valence-corrected chi connectivity index (χ2v) is 8.56. The van der Waals surface area contributed by atoms with Crippen LogP contribution in [0.4, 0.5) is 0 Å². The zero-order valence-electron chi connectivity index (χ0n) is 16.0. The van der Waals surface area contributed by atoms with E-state index in [2.05, 4.69) is 39.3 Å². The molecule has 0 radical (unpaired) electrons. The predicted molar refractivity (Wildman–Crippen MR) is 110 cm³/mol. The summed E-state index contributed by atoms with van der Waals surface area (Å²) in [6.45, 7) is 4.34. The van der Waals surface area contributed by atoms with Gasteiger partial charge in [-0.1, -0.05) is 24.3 Å². The van der Waals surface area contributed by atoms with Gasteiger partial charge in [0.1, 0.15) is 0 Å². The number of fused-ring (bicyclic) bond motifs is 2. The van der Waals surface area contributed by atoms with Gasteiger partial charge in [-0.15, -0.1) is 0 Å². The highest BCUT2D eigenvalue weighted by Gasteiger charge is 2.43. The summed E-state index contributed by atoms with van der Waals surface area (Å²) in [6.07, 6.45) is 5.54. The van der Waals surface area contributed by atoms with Gasteiger partial charge in [0.25, 0.3) is 5.91 Å². The van der Waals surface area contributed by atoms with Crippen molar-refractivity contribution in [3.8, 4) is 0 Å². The van der Waals surface area contributed by atoms with Gasteiger partial charge in [0, 0.05) is 31.9 Å². The van der Waals surface area contributed by atoms with Gasteiger partial charge in [0.05, 0.1) is 23.3 Å². The minimum absolute atomic E-state index is 0.149. The second-order valence-electron chi connectivity index (χ2n) is 7.59. The number of hydrogen-bond donors (Lipinski definition) is 0. The molecule has 144 valence electrons.